The standard InChI is InChI=1S/C14H17NO/c1-16-14-8-6-13(7-9-14)12-4-2-11(10-15)3-5-12/h6-9,11-12H,2-5H2,1H3. The van der Waals surface area contributed by atoms with E-state index in [9.17, 15) is 0 Å². The molecule has 0 bridgehead atoms. The van der Waals surface area contributed by atoms with E-state index in [0.717, 1.165) is 31.4 Å². The van der Waals surface area contributed by atoms with Gasteiger partial charge in [-0.1, -0.05) is 12.1 Å². The van der Waals surface area contributed by atoms with Crippen LogP contribution in [0.5, 0.6) is 5.75 Å². The molecule has 0 atom stereocenters. The van der Waals surface area contributed by atoms with Gasteiger partial charge in [0.2, 0.25) is 0 Å². The molecule has 1 aromatic carbocycles. The number of hydrogen-bond donors (Lipinski definition) is 0. The summed E-state index contributed by atoms with van der Waals surface area (Å²) in [7, 11) is 1.69. The molecule has 1 saturated carbocycles. The maximum atomic E-state index is 8.85. The van der Waals surface area contributed by atoms with E-state index in [2.05, 4.69) is 18.2 Å². The molecule has 0 spiro atoms. The summed E-state index contributed by atoms with van der Waals surface area (Å²) in [6.07, 6.45) is 4.38. The predicted octanol–water partition coefficient (Wildman–Crippen LogP) is 3.49. The molecule has 0 aromatic heterocycles. The molecule has 2 nitrogen and oxygen atoms in total. The molecule has 2 rings (SSSR count). The van der Waals surface area contributed by atoms with E-state index in [1.165, 1.54) is 5.56 Å². The van der Waals surface area contributed by atoms with E-state index >= 15 is 0 Å². The quantitative estimate of drug-likeness (QED) is 0.756. The van der Waals surface area contributed by atoms with E-state index in [1.807, 2.05) is 12.1 Å². The first-order chi connectivity index (χ1) is 7.83. The summed E-state index contributed by atoms with van der Waals surface area (Å²) in [5, 5.41) is 8.85. The van der Waals surface area contributed by atoms with Gasteiger partial charge >= 0.3 is 0 Å². The Morgan fingerprint density at radius 2 is 1.75 bits per heavy atom. The zero-order chi connectivity index (χ0) is 11.4. The second-order valence-corrected chi connectivity index (χ2v) is 4.45. The van der Waals surface area contributed by atoms with E-state index < -0.39 is 0 Å². The maximum absolute atomic E-state index is 8.85. The first-order valence-corrected chi connectivity index (χ1v) is 5.87. The lowest BCUT2D eigenvalue weighted by atomic mass is 9.79. The summed E-state index contributed by atoms with van der Waals surface area (Å²) in [6.45, 7) is 0. The minimum absolute atomic E-state index is 0.287. The van der Waals surface area contributed by atoms with Crippen LogP contribution in [0.1, 0.15) is 37.2 Å². The highest BCUT2D eigenvalue weighted by atomic mass is 16.5. The summed E-state index contributed by atoms with van der Waals surface area (Å²) in [5.41, 5.74) is 1.39. The third-order valence-corrected chi connectivity index (χ3v) is 3.50. The van der Waals surface area contributed by atoms with Crippen LogP contribution in [0.15, 0.2) is 24.3 Å². The van der Waals surface area contributed by atoms with Gasteiger partial charge in [0.15, 0.2) is 0 Å². The molecule has 0 heterocycles. The zero-order valence-corrected chi connectivity index (χ0v) is 9.65. The largest absolute Gasteiger partial charge is 0.497 e. The minimum Gasteiger partial charge on any atom is -0.497 e. The Hall–Kier alpha value is -1.49. The van der Waals surface area contributed by atoms with Gasteiger partial charge in [-0.05, 0) is 49.3 Å². The zero-order valence-electron chi connectivity index (χ0n) is 9.65. The van der Waals surface area contributed by atoms with Crippen LogP contribution >= 0.6 is 0 Å². The van der Waals surface area contributed by atoms with Crippen molar-refractivity contribution in [3.8, 4) is 11.8 Å². The monoisotopic (exact) mass is 215 g/mol. The molecule has 1 aromatic rings. The van der Waals surface area contributed by atoms with Crippen molar-refractivity contribution < 1.29 is 4.74 Å². The van der Waals surface area contributed by atoms with Crippen LogP contribution in [0.4, 0.5) is 0 Å². The maximum Gasteiger partial charge on any atom is 0.118 e. The van der Waals surface area contributed by atoms with Crippen molar-refractivity contribution >= 4 is 0 Å². The first-order valence-electron chi connectivity index (χ1n) is 5.87. The fourth-order valence-corrected chi connectivity index (χ4v) is 2.43. The third kappa shape index (κ3) is 2.36. The van der Waals surface area contributed by atoms with E-state index in [1.54, 1.807) is 7.11 Å². The van der Waals surface area contributed by atoms with Crippen LogP contribution < -0.4 is 4.74 Å². The lowest BCUT2D eigenvalue weighted by Gasteiger charge is -2.25. The van der Waals surface area contributed by atoms with Gasteiger partial charge in [-0.15, -0.1) is 0 Å². The average molecular weight is 215 g/mol. The predicted molar refractivity (Wildman–Crippen MR) is 63.3 cm³/mol. The van der Waals surface area contributed by atoms with Crippen molar-refractivity contribution in [3.05, 3.63) is 29.8 Å². The van der Waals surface area contributed by atoms with Crippen molar-refractivity contribution in [2.45, 2.75) is 31.6 Å². The number of hydrogen-bond acceptors (Lipinski definition) is 2. The van der Waals surface area contributed by atoms with Gasteiger partial charge in [-0.2, -0.15) is 5.26 Å². The summed E-state index contributed by atoms with van der Waals surface area (Å²) >= 11 is 0. The lowest BCUT2D eigenvalue weighted by Crippen LogP contribution is -2.11. The van der Waals surface area contributed by atoms with Crippen molar-refractivity contribution in [2.75, 3.05) is 7.11 Å². The SMILES string of the molecule is COc1ccc(C2CCC(C#N)CC2)cc1. The van der Waals surface area contributed by atoms with Gasteiger partial charge < -0.3 is 4.74 Å². The average Bonchev–Trinajstić information content (AvgIpc) is 2.39. The number of benzene rings is 1. The molecule has 1 aliphatic carbocycles. The second-order valence-electron chi connectivity index (χ2n) is 4.45. The number of nitriles is 1. The molecule has 16 heavy (non-hydrogen) atoms. The molecule has 0 radical (unpaired) electrons. The molecule has 84 valence electrons. The van der Waals surface area contributed by atoms with Gasteiger partial charge in [0.25, 0.3) is 0 Å². The van der Waals surface area contributed by atoms with E-state index in [-0.39, 0.29) is 5.92 Å². The van der Waals surface area contributed by atoms with Gasteiger partial charge in [0, 0.05) is 5.92 Å². The molecule has 0 aliphatic heterocycles. The van der Waals surface area contributed by atoms with Crippen molar-refractivity contribution in [1.82, 2.24) is 0 Å². The van der Waals surface area contributed by atoms with Crippen LogP contribution in [0.25, 0.3) is 0 Å². The number of rotatable bonds is 2. The van der Waals surface area contributed by atoms with Crippen LogP contribution in [0.3, 0.4) is 0 Å². The molecule has 1 aliphatic rings. The van der Waals surface area contributed by atoms with Crippen molar-refractivity contribution in [1.29, 1.82) is 5.26 Å². The Kier molecular flexibility index (Phi) is 3.46. The summed E-state index contributed by atoms with van der Waals surface area (Å²) in [6, 6.07) is 10.7. The number of nitrogens with zero attached hydrogens (tertiary/aromatic N) is 1. The first kappa shape index (κ1) is 11.0. The summed E-state index contributed by atoms with van der Waals surface area (Å²) in [5.74, 6) is 1.83. The van der Waals surface area contributed by atoms with Crippen LogP contribution in [-0.4, -0.2) is 7.11 Å². The van der Waals surface area contributed by atoms with Gasteiger partial charge in [0.1, 0.15) is 5.75 Å². The normalized spacial score (nSPS) is 24.8. The Balaban J connectivity index is 2.00. The molecule has 0 saturated heterocycles. The Morgan fingerprint density at radius 3 is 2.25 bits per heavy atom. The molecule has 1 fully saturated rings. The van der Waals surface area contributed by atoms with Crippen molar-refractivity contribution in [2.24, 2.45) is 5.92 Å². The second kappa shape index (κ2) is 5.03. The highest BCUT2D eigenvalue weighted by Gasteiger charge is 2.21. The molecule has 0 N–H and O–H groups in total. The molecular weight excluding hydrogens is 198 g/mol. The van der Waals surface area contributed by atoms with E-state index in [4.69, 9.17) is 10.00 Å². The van der Waals surface area contributed by atoms with Crippen LogP contribution in [0.2, 0.25) is 0 Å². The van der Waals surface area contributed by atoms with Crippen LogP contribution in [-0.2, 0) is 0 Å². The fraction of sp³-hybridized carbons (Fsp3) is 0.500. The smallest absolute Gasteiger partial charge is 0.118 e. The summed E-state index contributed by atoms with van der Waals surface area (Å²) in [4.78, 5) is 0. The third-order valence-electron chi connectivity index (χ3n) is 3.50. The molecule has 0 unspecified atom stereocenters. The van der Waals surface area contributed by atoms with Gasteiger partial charge in [-0.25, -0.2) is 0 Å². The fourth-order valence-electron chi connectivity index (χ4n) is 2.43. The number of ether oxygens (including phenoxy) is 1. The Bertz CT molecular complexity index is 369. The lowest BCUT2D eigenvalue weighted by molar-refractivity contribution is 0.381. The van der Waals surface area contributed by atoms with Gasteiger partial charge in [0.05, 0.1) is 13.2 Å². The van der Waals surface area contributed by atoms with E-state index in [0.29, 0.717) is 5.92 Å². The highest BCUT2D eigenvalue weighted by molar-refractivity contribution is 5.29. The van der Waals surface area contributed by atoms with Crippen LogP contribution in [0, 0.1) is 17.2 Å². The van der Waals surface area contributed by atoms with Crippen molar-refractivity contribution in [3.63, 3.8) is 0 Å². The summed E-state index contributed by atoms with van der Waals surface area (Å²) < 4.78 is 5.15. The Labute approximate surface area is 96.9 Å². The van der Waals surface area contributed by atoms with Gasteiger partial charge in [-0.3, -0.25) is 0 Å². The highest BCUT2D eigenvalue weighted by Crippen LogP contribution is 2.35. The molecular formula is C14H17NO. The molecule has 0 amide bonds. The molecule has 2 heteroatoms. The Morgan fingerprint density at radius 1 is 1.12 bits per heavy atom. The minimum atomic E-state index is 0.287. The number of methoxy groups -OCH3 is 1. The topological polar surface area (TPSA) is 33.0 Å².